The van der Waals surface area contributed by atoms with Gasteiger partial charge in [-0.25, -0.2) is 0 Å². The van der Waals surface area contributed by atoms with Crippen molar-refractivity contribution in [1.29, 1.82) is 0 Å². The van der Waals surface area contributed by atoms with Crippen LogP contribution in [-0.2, 0) is 4.79 Å². The van der Waals surface area contributed by atoms with Gasteiger partial charge in [0.1, 0.15) is 0 Å². The normalized spacial score (nSPS) is 11.2. The van der Waals surface area contributed by atoms with Crippen molar-refractivity contribution in [2.75, 3.05) is 6.54 Å². The van der Waals surface area contributed by atoms with Gasteiger partial charge < -0.3 is 10.4 Å². The molecule has 2 N–H and O–H groups in total. The van der Waals surface area contributed by atoms with E-state index in [1.807, 2.05) is 26.8 Å². The molecule has 0 aliphatic rings. The Bertz CT molecular complexity index is 526. The molecule has 0 atom stereocenters. The lowest BCUT2D eigenvalue weighted by Gasteiger charge is -2.23. The Hall–Kier alpha value is -1.55. The van der Waals surface area contributed by atoms with Crippen LogP contribution in [-0.4, -0.2) is 23.5 Å². The molecule has 0 heterocycles. The van der Waals surface area contributed by atoms with Crippen molar-refractivity contribution in [3.05, 3.63) is 34.3 Å². The quantitative estimate of drug-likeness (QED) is 0.807. The summed E-state index contributed by atoms with van der Waals surface area (Å²) in [6.45, 7) is 6.41. The Labute approximate surface area is 130 Å². The molecule has 5 heteroatoms. The first-order chi connectivity index (χ1) is 9.71. The maximum Gasteiger partial charge on any atom is 0.303 e. The van der Waals surface area contributed by atoms with Gasteiger partial charge in [0, 0.05) is 13.0 Å². The predicted octanol–water partition coefficient (Wildman–Crippen LogP) is 3.66. The highest BCUT2D eigenvalue weighted by Crippen LogP contribution is 2.26. The third-order valence-electron chi connectivity index (χ3n) is 3.47. The first-order valence-electron chi connectivity index (χ1n) is 6.97. The summed E-state index contributed by atoms with van der Waals surface area (Å²) in [5, 5.41) is 12.0. The molecule has 1 rings (SSSR count). The first kappa shape index (κ1) is 17.5. The van der Waals surface area contributed by atoms with Crippen LogP contribution >= 0.6 is 11.6 Å². The largest absolute Gasteiger partial charge is 0.481 e. The third kappa shape index (κ3) is 6.17. The molecule has 0 fully saturated rings. The third-order valence-corrected chi connectivity index (χ3v) is 3.78. The molecule has 1 amide bonds. The molecule has 0 saturated carbocycles. The lowest BCUT2D eigenvalue weighted by Crippen LogP contribution is -2.28. The van der Waals surface area contributed by atoms with Gasteiger partial charge in [-0.3, -0.25) is 9.59 Å². The molecule has 116 valence electrons. The van der Waals surface area contributed by atoms with E-state index in [-0.39, 0.29) is 17.7 Å². The van der Waals surface area contributed by atoms with Crippen molar-refractivity contribution in [2.24, 2.45) is 5.41 Å². The fourth-order valence-electron chi connectivity index (χ4n) is 1.98. The Morgan fingerprint density at radius 3 is 2.52 bits per heavy atom. The number of carbonyl (C=O) groups is 2. The standard InChI is InChI=1S/C16H22ClNO3/c1-11-4-5-12(13(17)10-11)15(21)18-9-8-16(2,3)7-6-14(19)20/h4-5,10H,6-9H2,1-3H3,(H,18,21)(H,19,20). The molecule has 21 heavy (non-hydrogen) atoms. The number of carboxylic acid groups (broad SMARTS) is 1. The van der Waals surface area contributed by atoms with E-state index in [4.69, 9.17) is 16.7 Å². The Morgan fingerprint density at radius 2 is 1.95 bits per heavy atom. The molecular weight excluding hydrogens is 290 g/mol. The SMILES string of the molecule is Cc1ccc(C(=O)NCCC(C)(C)CCC(=O)O)c(Cl)c1. The minimum absolute atomic E-state index is 0.122. The smallest absolute Gasteiger partial charge is 0.303 e. The van der Waals surface area contributed by atoms with Gasteiger partial charge in [-0.2, -0.15) is 0 Å². The highest BCUT2D eigenvalue weighted by Gasteiger charge is 2.19. The number of nitrogens with one attached hydrogen (secondary N) is 1. The second kappa shape index (κ2) is 7.46. The molecule has 0 unspecified atom stereocenters. The van der Waals surface area contributed by atoms with Crippen molar-refractivity contribution in [3.8, 4) is 0 Å². The molecule has 0 bridgehead atoms. The lowest BCUT2D eigenvalue weighted by atomic mass is 9.84. The molecule has 0 aliphatic carbocycles. The fourth-order valence-corrected chi connectivity index (χ4v) is 2.31. The summed E-state index contributed by atoms with van der Waals surface area (Å²) in [6, 6.07) is 5.31. The molecule has 0 radical (unpaired) electrons. The van der Waals surface area contributed by atoms with E-state index >= 15 is 0 Å². The summed E-state index contributed by atoms with van der Waals surface area (Å²) in [5.41, 5.74) is 1.35. The van der Waals surface area contributed by atoms with Crippen molar-refractivity contribution < 1.29 is 14.7 Å². The van der Waals surface area contributed by atoms with Crippen molar-refractivity contribution in [1.82, 2.24) is 5.32 Å². The second-order valence-corrected chi connectivity index (χ2v) is 6.45. The molecule has 0 aromatic heterocycles. The van der Waals surface area contributed by atoms with Gasteiger partial charge in [0.05, 0.1) is 10.6 Å². The minimum Gasteiger partial charge on any atom is -0.481 e. The Morgan fingerprint density at radius 1 is 1.29 bits per heavy atom. The van der Waals surface area contributed by atoms with Gasteiger partial charge in [-0.05, 0) is 42.9 Å². The number of halogens is 1. The zero-order chi connectivity index (χ0) is 16.0. The van der Waals surface area contributed by atoms with E-state index in [0.29, 0.717) is 23.6 Å². The molecule has 0 spiro atoms. The van der Waals surface area contributed by atoms with Gasteiger partial charge in [-0.15, -0.1) is 0 Å². The molecule has 4 nitrogen and oxygen atoms in total. The zero-order valence-electron chi connectivity index (χ0n) is 12.7. The molecule has 1 aromatic carbocycles. The summed E-state index contributed by atoms with van der Waals surface area (Å²) < 4.78 is 0. The van der Waals surface area contributed by atoms with Crippen LogP contribution in [0.3, 0.4) is 0 Å². The van der Waals surface area contributed by atoms with Gasteiger partial charge in [-0.1, -0.05) is 31.5 Å². The van der Waals surface area contributed by atoms with Crippen LogP contribution < -0.4 is 5.32 Å². The first-order valence-corrected chi connectivity index (χ1v) is 7.35. The van der Waals surface area contributed by atoms with Crippen LogP contribution in [0.1, 0.15) is 49.0 Å². The van der Waals surface area contributed by atoms with E-state index in [1.54, 1.807) is 12.1 Å². The van der Waals surface area contributed by atoms with Crippen LogP contribution in [0.15, 0.2) is 18.2 Å². The number of hydrogen-bond donors (Lipinski definition) is 2. The van der Waals surface area contributed by atoms with E-state index in [9.17, 15) is 9.59 Å². The second-order valence-electron chi connectivity index (χ2n) is 6.05. The summed E-state index contributed by atoms with van der Waals surface area (Å²) in [6.07, 6.45) is 1.45. The summed E-state index contributed by atoms with van der Waals surface area (Å²) in [5.74, 6) is -0.993. The van der Waals surface area contributed by atoms with Gasteiger partial charge in [0.2, 0.25) is 0 Å². The number of carboxylic acids is 1. The molecular formula is C16H22ClNO3. The van der Waals surface area contributed by atoms with Crippen LogP contribution in [0.2, 0.25) is 5.02 Å². The van der Waals surface area contributed by atoms with Crippen LogP contribution in [0.5, 0.6) is 0 Å². The molecule has 0 saturated heterocycles. The average molecular weight is 312 g/mol. The highest BCUT2D eigenvalue weighted by atomic mass is 35.5. The monoisotopic (exact) mass is 311 g/mol. The van der Waals surface area contributed by atoms with E-state index in [2.05, 4.69) is 5.32 Å². The predicted molar refractivity (Wildman–Crippen MR) is 83.8 cm³/mol. The molecule has 1 aromatic rings. The summed E-state index contributed by atoms with van der Waals surface area (Å²) >= 11 is 6.05. The van der Waals surface area contributed by atoms with Crippen molar-refractivity contribution in [3.63, 3.8) is 0 Å². The van der Waals surface area contributed by atoms with Crippen LogP contribution in [0, 0.1) is 12.3 Å². The number of aliphatic carboxylic acids is 1. The topological polar surface area (TPSA) is 66.4 Å². The lowest BCUT2D eigenvalue weighted by molar-refractivity contribution is -0.137. The van der Waals surface area contributed by atoms with Crippen molar-refractivity contribution >= 4 is 23.5 Å². The summed E-state index contributed by atoms with van der Waals surface area (Å²) in [4.78, 5) is 22.6. The van der Waals surface area contributed by atoms with E-state index in [1.165, 1.54) is 0 Å². The van der Waals surface area contributed by atoms with Crippen LogP contribution in [0.25, 0.3) is 0 Å². The number of aryl methyl sites for hydroxylation is 1. The molecule has 0 aliphatic heterocycles. The number of hydrogen-bond acceptors (Lipinski definition) is 2. The van der Waals surface area contributed by atoms with Gasteiger partial charge in [0.15, 0.2) is 0 Å². The fraction of sp³-hybridized carbons (Fsp3) is 0.500. The maximum absolute atomic E-state index is 12.0. The summed E-state index contributed by atoms with van der Waals surface area (Å²) in [7, 11) is 0. The minimum atomic E-state index is -0.793. The Balaban J connectivity index is 2.48. The number of rotatable bonds is 7. The number of carbonyl (C=O) groups excluding carboxylic acids is 1. The number of benzene rings is 1. The van der Waals surface area contributed by atoms with Gasteiger partial charge in [0.25, 0.3) is 5.91 Å². The average Bonchev–Trinajstić information content (AvgIpc) is 2.36. The van der Waals surface area contributed by atoms with E-state index < -0.39 is 5.97 Å². The Kier molecular flexibility index (Phi) is 6.21. The van der Waals surface area contributed by atoms with Crippen molar-refractivity contribution in [2.45, 2.75) is 40.0 Å². The number of amides is 1. The van der Waals surface area contributed by atoms with Gasteiger partial charge >= 0.3 is 5.97 Å². The van der Waals surface area contributed by atoms with E-state index in [0.717, 1.165) is 12.0 Å². The maximum atomic E-state index is 12.0. The van der Waals surface area contributed by atoms with Crippen LogP contribution in [0.4, 0.5) is 0 Å². The zero-order valence-corrected chi connectivity index (χ0v) is 13.5. The highest BCUT2D eigenvalue weighted by molar-refractivity contribution is 6.33.